The number of amides is 1. The number of methoxy groups -OCH3 is 1. The number of nitrogens with zero attached hydrogens (tertiary/aromatic N) is 4. The summed E-state index contributed by atoms with van der Waals surface area (Å²) in [5, 5.41) is 6.64. The third kappa shape index (κ3) is 5.11. The molecule has 0 aliphatic rings. The lowest BCUT2D eigenvalue weighted by atomic mass is 10.1. The normalized spacial score (nSPS) is 10.7. The van der Waals surface area contributed by atoms with Gasteiger partial charge in [0.2, 0.25) is 5.91 Å². The van der Waals surface area contributed by atoms with Gasteiger partial charge in [-0.2, -0.15) is 5.10 Å². The number of benzene rings is 1. The Labute approximate surface area is 185 Å². The zero-order valence-corrected chi connectivity index (χ0v) is 19.2. The Kier molecular flexibility index (Phi) is 7.06. The highest BCUT2D eigenvalue weighted by Crippen LogP contribution is 2.35. The zero-order valence-electron chi connectivity index (χ0n) is 18.3. The second-order valence-electron chi connectivity index (χ2n) is 7.08. The minimum absolute atomic E-state index is 0.0536. The van der Waals surface area contributed by atoms with E-state index >= 15 is 0 Å². The van der Waals surface area contributed by atoms with Crippen molar-refractivity contribution in [3.05, 3.63) is 52.3 Å². The molecule has 0 unspecified atom stereocenters. The van der Waals surface area contributed by atoms with Crippen LogP contribution in [0.4, 0.5) is 10.8 Å². The van der Waals surface area contributed by atoms with E-state index in [9.17, 15) is 9.59 Å². The molecule has 31 heavy (non-hydrogen) atoms. The molecule has 164 valence electrons. The molecule has 3 aromatic rings. The second kappa shape index (κ2) is 9.74. The molecule has 1 aromatic carbocycles. The van der Waals surface area contributed by atoms with Gasteiger partial charge in [0.1, 0.15) is 12.4 Å². The maximum absolute atomic E-state index is 12.3. The van der Waals surface area contributed by atoms with Crippen molar-refractivity contribution in [3.8, 4) is 5.75 Å². The van der Waals surface area contributed by atoms with Crippen LogP contribution >= 0.6 is 11.3 Å². The third-order valence-corrected chi connectivity index (χ3v) is 5.87. The molecule has 0 radical (unpaired) electrons. The van der Waals surface area contributed by atoms with Crippen molar-refractivity contribution >= 4 is 34.0 Å². The molecule has 0 aliphatic carbocycles. The fraction of sp³-hybridized carbons (Fsp3) is 0.364. The Morgan fingerprint density at radius 1 is 1.23 bits per heavy atom. The van der Waals surface area contributed by atoms with Gasteiger partial charge < -0.3 is 9.47 Å². The monoisotopic (exact) mass is 442 g/mol. The van der Waals surface area contributed by atoms with E-state index in [4.69, 9.17) is 9.47 Å². The molecule has 0 bridgehead atoms. The van der Waals surface area contributed by atoms with Gasteiger partial charge in [-0.25, -0.2) is 4.98 Å². The number of hydrogen-bond donors (Lipinski definition) is 0. The summed E-state index contributed by atoms with van der Waals surface area (Å²) in [5.74, 6) is 0.0804. The van der Waals surface area contributed by atoms with Crippen molar-refractivity contribution in [3.63, 3.8) is 0 Å². The molecule has 0 saturated heterocycles. The van der Waals surface area contributed by atoms with Crippen molar-refractivity contribution in [2.45, 2.75) is 40.2 Å². The Hall–Kier alpha value is -3.20. The highest BCUT2D eigenvalue weighted by Gasteiger charge is 2.21. The van der Waals surface area contributed by atoms with E-state index in [0.29, 0.717) is 28.7 Å². The summed E-state index contributed by atoms with van der Waals surface area (Å²) in [7, 11) is 3.44. The minimum Gasteiger partial charge on any atom is -0.495 e. The zero-order chi connectivity index (χ0) is 22.5. The van der Waals surface area contributed by atoms with Gasteiger partial charge in [-0.15, -0.1) is 11.3 Å². The summed E-state index contributed by atoms with van der Waals surface area (Å²) in [6, 6.07) is 7.24. The topological polar surface area (TPSA) is 86.5 Å². The smallest absolute Gasteiger partial charge is 0.306 e. The molecule has 3 rings (SSSR count). The average Bonchev–Trinajstić information content (AvgIpc) is 3.29. The van der Waals surface area contributed by atoms with Crippen LogP contribution in [0.3, 0.4) is 0 Å². The number of anilines is 2. The van der Waals surface area contributed by atoms with Crippen molar-refractivity contribution in [1.29, 1.82) is 0 Å². The van der Waals surface area contributed by atoms with Crippen LogP contribution in [0, 0.1) is 13.8 Å². The molecule has 2 aromatic heterocycles. The molecule has 2 heterocycles. The number of ether oxygens (including phenoxy) is 2. The predicted octanol–water partition coefficient (Wildman–Crippen LogP) is 3.86. The first-order valence-corrected chi connectivity index (χ1v) is 10.7. The number of hydrogen-bond acceptors (Lipinski definition) is 7. The predicted molar refractivity (Wildman–Crippen MR) is 119 cm³/mol. The second-order valence-corrected chi connectivity index (χ2v) is 7.92. The van der Waals surface area contributed by atoms with Crippen molar-refractivity contribution < 1.29 is 19.1 Å². The van der Waals surface area contributed by atoms with Crippen molar-refractivity contribution in [2.75, 3.05) is 12.0 Å². The van der Waals surface area contributed by atoms with Crippen LogP contribution in [0.5, 0.6) is 5.75 Å². The first-order chi connectivity index (χ1) is 14.8. The fourth-order valence-corrected chi connectivity index (χ4v) is 4.18. The van der Waals surface area contributed by atoms with E-state index in [2.05, 4.69) is 10.1 Å². The molecule has 0 fully saturated rings. The van der Waals surface area contributed by atoms with Crippen LogP contribution < -0.4 is 9.64 Å². The van der Waals surface area contributed by atoms with Gasteiger partial charge in [0.05, 0.1) is 24.2 Å². The molecule has 1 amide bonds. The average molecular weight is 443 g/mol. The summed E-state index contributed by atoms with van der Waals surface area (Å²) in [4.78, 5) is 30.5. The van der Waals surface area contributed by atoms with Crippen LogP contribution in [0.25, 0.3) is 0 Å². The summed E-state index contributed by atoms with van der Waals surface area (Å²) in [5.41, 5.74) is 4.25. The van der Waals surface area contributed by atoms with E-state index in [0.717, 1.165) is 17.0 Å². The van der Waals surface area contributed by atoms with Gasteiger partial charge in [-0.3, -0.25) is 19.2 Å². The SMILES string of the molecule is COc1ccccc1N(C(C)=O)c1nc(COC(=O)CCc2c(C)nn(C)c2C)cs1. The number of aryl methyl sites for hydroxylation is 2. The van der Waals surface area contributed by atoms with Gasteiger partial charge in [0, 0.05) is 31.5 Å². The van der Waals surface area contributed by atoms with Gasteiger partial charge in [0.25, 0.3) is 0 Å². The van der Waals surface area contributed by atoms with Crippen molar-refractivity contribution in [2.24, 2.45) is 7.05 Å². The van der Waals surface area contributed by atoms with Crippen LogP contribution in [-0.4, -0.2) is 33.8 Å². The number of thiazole rings is 1. The highest BCUT2D eigenvalue weighted by molar-refractivity contribution is 7.14. The lowest BCUT2D eigenvalue weighted by Gasteiger charge is -2.20. The molecule has 9 heteroatoms. The Morgan fingerprint density at radius 3 is 2.61 bits per heavy atom. The van der Waals surface area contributed by atoms with Crippen molar-refractivity contribution in [1.82, 2.24) is 14.8 Å². The number of para-hydroxylation sites is 2. The molecular weight excluding hydrogens is 416 g/mol. The molecule has 8 nitrogen and oxygen atoms in total. The minimum atomic E-state index is -0.301. The lowest BCUT2D eigenvalue weighted by Crippen LogP contribution is -2.23. The van der Waals surface area contributed by atoms with E-state index in [-0.39, 0.29) is 24.9 Å². The molecule has 0 saturated carbocycles. The number of esters is 1. The Morgan fingerprint density at radius 2 is 1.97 bits per heavy atom. The number of carbonyl (C=O) groups excluding carboxylic acids is 2. The number of carbonyl (C=O) groups is 2. The maximum atomic E-state index is 12.3. The van der Waals surface area contributed by atoms with E-state index in [1.807, 2.05) is 37.7 Å². The Bertz CT molecular complexity index is 1090. The highest BCUT2D eigenvalue weighted by atomic mass is 32.1. The number of aromatic nitrogens is 3. The van der Waals surface area contributed by atoms with Gasteiger partial charge in [0.15, 0.2) is 5.13 Å². The van der Waals surface area contributed by atoms with Gasteiger partial charge >= 0.3 is 5.97 Å². The van der Waals surface area contributed by atoms with E-state index in [1.54, 1.807) is 24.6 Å². The number of rotatable bonds is 8. The van der Waals surface area contributed by atoms with Crippen LogP contribution in [0.15, 0.2) is 29.6 Å². The molecule has 0 N–H and O–H groups in total. The quantitative estimate of drug-likeness (QED) is 0.493. The summed E-state index contributed by atoms with van der Waals surface area (Å²) >= 11 is 1.30. The van der Waals surface area contributed by atoms with Crippen LogP contribution in [-0.2, 0) is 34.4 Å². The summed E-state index contributed by atoms with van der Waals surface area (Å²) in [6.07, 6.45) is 0.851. The standard InChI is InChI=1S/C22H26N4O4S/c1-14-18(15(2)25(4)24-14)10-11-21(28)30-12-17-13-31-22(23-17)26(16(3)27)19-8-6-7-9-20(19)29-5/h6-9,13H,10-12H2,1-5H3. The van der Waals surface area contributed by atoms with Gasteiger partial charge in [-0.1, -0.05) is 12.1 Å². The van der Waals surface area contributed by atoms with Gasteiger partial charge in [-0.05, 0) is 38.0 Å². The van der Waals surface area contributed by atoms with Crippen LogP contribution in [0.1, 0.15) is 36.0 Å². The lowest BCUT2D eigenvalue weighted by molar-refractivity contribution is -0.145. The Balaban J connectivity index is 1.63. The summed E-state index contributed by atoms with van der Waals surface area (Å²) < 4.78 is 12.6. The molecular formula is C22H26N4O4S. The van der Waals surface area contributed by atoms with E-state index < -0.39 is 0 Å². The third-order valence-electron chi connectivity index (χ3n) is 4.99. The summed E-state index contributed by atoms with van der Waals surface area (Å²) in [6.45, 7) is 5.45. The maximum Gasteiger partial charge on any atom is 0.306 e. The van der Waals surface area contributed by atoms with E-state index in [1.165, 1.54) is 23.2 Å². The molecule has 0 spiro atoms. The van der Waals surface area contributed by atoms with Crippen LogP contribution in [0.2, 0.25) is 0 Å². The molecule has 0 aliphatic heterocycles. The first kappa shape index (κ1) is 22.5. The first-order valence-electron chi connectivity index (χ1n) is 9.84. The molecule has 0 atom stereocenters. The fourth-order valence-electron chi connectivity index (χ4n) is 3.32. The largest absolute Gasteiger partial charge is 0.495 e.